The van der Waals surface area contributed by atoms with Crippen LogP contribution in [0.4, 0.5) is 0 Å². The first kappa shape index (κ1) is 39.8. The van der Waals surface area contributed by atoms with Crippen molar-refractivity contribution in [3.63, 3.8) is 0 Å². The molecule has 6 aliphatic rings. The molecular formula is C41H64O11. The van der Waals surface area contributed by atoms with Crippen LogP contribution in [-0.4, -0.2) is 88.4 Å². The zero-order chi connectivity index (χ0) is 38.0. The van der Waals surface area contributed by atoms with Gasteiger partial charge in [0, 0.05) is 18.8 Å². The highest BCUT2D eigenvalue weighted by Crippen LogP contribution is 2.74. The number of ether oxygens (including phenoxy) is 4. The lowest BCUT2D eigenvalue weighted by Gasteiger charge is -2.70. The minimum absolute atomic E-state index is 0.0241. The Morgan fingerprint density at radius 3 is 2.38 bits per heavy atom. The predicted octanol–water partition coefficient (Wildman–Crippen LogP) is 6.13. The summed E-state index contributed by atoms with van der Waals surface area (Å²) in [5.41, 5.74) is 0.180. The van der Waals surface area contributed by atoms with Crippen LogP contribution >= 0.6 is 0 Å². The summed E-state index contributed by atoms with van der Waals surface area (Å²) in [4.78, 5) is 38.2. The van der Waals surface area contributed by atoms with Crippen molar-refractivity contribution in [3.8, 4) is 0 Å². The summed E-state index contributed by atoms with van der Waals surface area (Å²) in [6, 6.07) is 0. The topological polar surface area (TPSA) is 169 Å². The highest BCUT2D eigenvalue weighted by Gasteiger charge is 2.70. The lowest BCUT2D eigenvalue weighted by atomic mass is 9.33. The number of hydrogen-bond acceptors (Lipinski definition) is 9. The highest BCUT2D eigenvalue weighted by molar-refractivity contribution is 5.95. The van der Waals surface area contributed by atoms with E-state index in [2.05, 4.69) is 41.5 Å². The molecule has 6 rings (SSSR count). The molecule has 1 aliphatic heterocycles. The molecule has 5 aliphatic carbocycles. The maximum atomic E-state index is 14.7. The number of ketones is 1. The number of carbonyl (C=O) groups excluding carboxylic acids is 1. The number of carboxylic acids is 2. The van der Waals surface area contributed by atoms with Gasteiger partial charge in [-0.15, -0.1) is 0 Å². The maximum absolute atomic E-state index is 14.7. The van der Waals surface area contributed by atoms with Crippen LogP contribution in [0.25, 0.3) is 0 Å². The van der Waals surface area contributed by atoms with Gasteiger partial charge in [-0.25, -0.2) is 4.79 Å². The summed E-state index contributed by atoms with van der Waals surface area (Å²) < 4.78 is 24.6. The first-order valence-electron chi connectivity index (χ1n) is 19.9. The molecule has 4 saturated carbocycles. The van der Waals surface area contributed by atoms with E-state index in [0.717, 1.165) is 38.5 Å². The van der Waals surface area contributed by atoms with E-state index in [1.807, 2.05) is 13.0 Å². The third-order valence-electron chi connectivity index (χ3n) is 15.8. The number of allylic oxidation sites excluding steroid dienone is 2. The molecule has 52 heavy (non-hydrogen) atoms. The van der Waals surface area contributed by atoms with Crippen molar-refractivity contribution in [3.05, 3.63) is 11.6 Å². The first-order chi connectivity index (χ1) is 24.3. The summed E-state index contributed by atoms with van der Waals surface area (Å²) in [5, 5.41) is 40.1. The van der Waals surface area contributed by atoms with Crippen LogP contribution in [0, 0.1) is 50.7 Å². The fourth-order valence-electron chi connectivity index (χ4n) is 12.6. The van der Waals surface area contributed by atoms with Crippen LogP contribution in [0.3, 0.4) is 0 Å². The molecule has 0 amide bonds. The van der Waals surface area contributed by atoms with Gasteiger partial charge in [-0.2, -0.15) is 0 Å². The van der Waals surface area contributed by atoms with Crippen LogP contribution in [-0.2, 0) is 33.3 Å². The number of fused-ring (bicyclic) bond motifs is 7. The van der Waals surface area contributed by atoms with Gasteiger partial charge >= 0.3 is 11.9 Å². The predicted molar refractivity (Wildman–Crippen MR) is 191 cm³/mol. The monoisotopic (exact) mass is 732 g/mol. The third-order valence-corrected chi connectivity index (χ3v) is 15.8. The standard InChI is InChI=1S/C41H64O11/c1-8-24(42)19-33(49-22-32(45)46)51-29-18-25(43)21-50-36(29)52-31-11-13-39(5)30(37(31,2)3)10-14-41(7)34(39)28(44)20-27-26-17-23(35(47)48)9-12-38(26,4)15-16-40(27,41)6/h20,23-26,29-31,33-34,36,42-43H,8-19,21-22H2,1-7H3,(H,45,46)(H,47,48)/t23?,24?,25?,26?,29?,30?,31?,33?,34?,36?,38?,39?,40-,41?/m1/s1. The second-order valence-corrected chi connectivity index (χ2v) is 19.0. The Balaban J connectivity index is 1.24. The minimum Gasteiger partial charge on any atom is -0.481 e. The van der Waals surface area contributed by atoms with Crippen molar-refractivity contribution in [1.82, 2.24) is 0 Å². The summed E-state index contributed by atoms with van der Waals surface area (Å²) in [5.74, 6) is -1.90. The number of aliphatic hydroxyl groups is 2. The summed E-state index contributed by atoms with van der Waals surface area (Å²) >= 11 is 0. The highest BCUT2D eigenvalue weighted by atomic mass is 16.7. The van der Waals surface area contributed by atoms with Gasteiger partial charge in [0.25, 0.3) is 0 Å². The van der Waals surface area contributed by atoms with Crippen molar-refractivity contribution >= 4 is 17.7 Å². The molecule has 0 aromatic rings. The molecule has 11 nitrogen and oxygen atoms in total. The lowest BCUT2D eigenvalue weighted by molar-refractivity contribution is -0.316. The smallest absolute Gasteiger partial charge is 0.329 e. The van der Waals surface area contributed by atoms with E-state index in [1.165, 1.54) is 5.57 Å². The van der Waals surface area contributed by atoms with Crippen LogP contribution in [0.15, 0.2) is 11.6 Å². The summed E-state index contributed by atoms with van der Waals surface area (Å²) in [7, 11) is 0. The number of carbonyl (C=O) groups is 3. The summed E-state index contributed by atoms with van der Waals surface area (Å²) in [6.45, 7) is 15.2. The van der Waals surface area contributed by atoms with E-state index in [0.29, 0.717) is 25.7 Å². The average Bonchev–Trinajstić information content (AvgIpc) is 3.06. The Hall–Kier alpha value is -1.89. The molecule has 0 bridgehead atoms. The fraction of sp³-hybridized carbons (Fsp3) is 0.878. The first-order valence-corrected chi connectivity index (χ1v) is 19.9. The molecular weight excluding hydrogens is 668 g/mol. The van der Waals surface area contributed by atoms with E-state index in [-0.39, 0.29) is 82.1 Å². The van der Waals surface area contributed by atoms with Gasteiger partial charge < -0.3 is 39.4 Å². The molecule has 5 fully saturated rings. The molecule has 1 saturated heterocycles. The van der Waals surface area contributed by atoms with Crippen molar-refractivity contribution in [2.24, 2.45) is 50.7 Å². The third kappa shape index (κ3) is 6.71. The van der Waals surface area contributed by atoms with Crippen LogP contribution in [0.5, 0.6) is 0 Å². The van der Waals surface area contributed by atoms with E-state index in [9.17, 15) is 34.8 Å². The molecule has 0 aromatic heterocycles. The number of carboxylic acid groups (broad SMARTS) is 2. The van der Waals surface area contributed by atoms with Crippen LogP contribution < -0.4 is 0 Å². The zero-order valence-electron chi connectivity index (χ0n) is 32.4. The molecule has 11 heteroatoms. The van der Waals surface area contributed by atoms with Gasteiger partial charge in [0.1, 0.15) is 12.7 Å². The number of aliphatic hydroxyl groups excluding tert-OH is 2. The van der Waals surface area contributed by atoms with E-state index in [4.69, 9.17) is 18.9 Å². The molecule has 0 radical (unpaired) electrons. The maximum Gasteiger partial charge on any atom is 0.329 e. The second kappa shape index (κ2) is 14.3. The van der Waals surface area contributed by atoms with Crippen molar-refractivity contribution in [1.29, 1.82) is 0 Å². The number of aliphatic carboxylic acids is 2. The lowest BCUT2D eigenvalue weighted by Crippen LogP contribution is -2.67. The van der Waals surface area contributed by atoms with E-state index in [1.54, 1.807) is 0 Å². The van der Waals surface area contributed by atoms with Gasteiger partial charge in [-0.3, -0.25) is 9.59 Å². The van der Waals surface area contributed by atoms with E-state index < -0.39 is 49.4 Å². The minimum atomic E-state index is -1.15. The Morgan fingerprint density at radius 1 is 0.981 bits per heavy atom. The van der Waals surface area contributed by atoms with Crippen molar-refractivity contribution in [2.75, 3.05) is 13.2 Å². The van der Waals surface area contributed by atoms with Crippen molar-refractivity contribution < 1.29 is 53.8 Å². The zero-order valence-corrected chi connectivity index (χ0v) is 32.4. The van der Waals surface area contributed by atoms with Gasteiger partial charge in [0.05, 0.1) is 30.8 Å². The van der Waals surface area contributed by atoms with Crippen LogP contribution in [0.1, 0.15) is 126 Å². The van der Waals surface area contributed by atoms with Gasteiger partial charge in [0.2, 0.25) is 0 Å². The van der Waals surface area contributed by atoms with E-state index >= 15 is 0 Å². The molecule has 294 valence electrons. The molecule has 0 spiro atoms. The Morgan fingerprint density at radius 2 is 1.71 bits per heavy atom. The molecule has 1 heterocycles. The quantitative estimate of drug-likeness (QED) is 0.143. The fourth-order valence-corrected chi connectivity index (χ4v) is 12.6. The molecule has 13 unspecified atom stereocenters. The van der Waals surface area contributed by atoms with Crippen molar-refractivity contribution in [2.45, 2.75) is 163 Å². The molecule has 14 atom stereocenters. The number of hydrogen-bond donors (Lipinski definition) is 4. The van der Waals surface area contributed by atoms with Gasteiger partial charge in [0.15, 0.2) is 18.4 Å². The van der Waals surface area contributed by atoms with Gasteiger partial charge in [-0.05, 0) is 109 Å². The SMILES string of the molecule is CCC(O)CC(OCC(=O)O)OC1CC(O)COC1OC1CCC2(C)C(CCC3(C)C2C(=O)C=C2C4CC(C(=O)O)CCC4(C)CC[C@]23C)C1(C)C. The average molecular weight is 733 g/mol. The van der Waals surface area contributed by atoms with Crippen LogP contribution in [0.2, 0.25) is 0 Å². The summed E-state index contributed by atoms with van der Waals surface area (Å²) in [6.07, 6.45) is 5.96. The largest absolute Gasteiger partial charge is 0.481 e. The Kier molecular flexibility index (Phi) is 11.0. The van der Waals surface area contributed by atoms with Gasteiger partial charge in [-0.1, -0.05) is 54.0 Å². The second-order valence-electron chi connectivity index (χ2n) is 19.0. The molecule has 4 N–H and O–H groups in total. The Bertz CT molecular complexity index is 1410. The normalized spacial score (nSPS) is 45.3. The Labute approximate surface area is 309 Å². The molecule has 0 aromatic carbocycles. The number of rotatable bonds is 11.